The van der Waals surface area contributed by atoms with Gasteiger partial charge in [0.05, 0.1) is 0 Å². The molecule has 0 saturated carbocycles. The van der Waals surface area contributed by atoms with Crippen molar-refractivity contribution in [3.63, 3.8) is 0 Å². The fraction of sp³-hybridized carbons (Fsp3) is 1.00. The van der Waals surface area contributed by atoms with Crippen molar-refractivity contribution in [1.29, 1.82) is 0 Å². The van der Waals surface area contributed by atoms with Crippen LogP contribution < -0.4 is 0 Å². The van der Waals surface area contributed by atoms with Gasteiger partial charge in [0, 0.05) is 13.2 Å². The van der Waals surface area contributed by atoms with E-state index in [0.29, 0.717) is 19.1 Å². The van der Waals surface area contributed by atoms with Crippen LogP contribution in [0.1, 0.15) is 77.6 Å². The van der Waals surface area contributed by atoms with E-state index in [2.05, 4.69) is 6.92 Å². The second-order valence-corrected chi connectivity index (χ2v) is 5.18. The third kappa shape index (κ3) is 12.2. The summed E-state index contributed by atoms with van der Waals surface area (Å²) in [4.78, 5) is 0. The minimum atomic E-state index is 0.343. The van der Waals surface area contributed by atoms with Gasteiger partial charge in [-0.05, 0) is 25.2 Å². The molecular formula is C15H32O2. The van der Waals surface area contributed by atoms with Crippen LogP contribution in [0, 0.1) is 5.92 Å². The highest BCUT2D eigenvalue weighted by Gasteiger charge is 2.05. The highest BCUT2D eigenvalue weighted by molar-refractivity contribution is 4.58. The van der Waals surface area contributed by atoms with E-state index in [1.54, 1.807) is 0 Å². The minimum absolute atomic E-state index is 0.343. The van der Waals surface area contributed by atoms with Gasteiger partial charge in [-0.25, -0.2) is 0 Å². The molecule has 0 aromatic rings. The lowest BCUT2D eigenvalue weighted by atomic mass is 9.96. The molecule has 0 aliphatic carbocycles. The van der Waals surface area contributed by atoms with Crippen molar-refractivity contribution in [2.75, 3.05) is 13.2 Å². The Kier molecular flexibility index (Phi) is 13.9. The molecule has 1 unspecified atom stereocenters. The van der Waals surface area contributed by atoms with Crippen LogP contribution in [-0.4, -0.2) is 23.4 Å². The Morgan fingerprint density at radius 2 is 1.24 bits per heavy atom. The molecule has 0 aliphatic rings. The predicted octanol–water partition coefficient (Wildman–Crippen LogP) is 3.90. The van der Waals surface area contributed by atoms with E-state index >= 15 is 0 Å². The molecule has 0 rings (SSSR count). The van der Waals surface area contributed by atoms with E-state index in [-0.39, 0.29) is 0 Å². The molecule has 0 bridgehead atoms. The lowest BCUT2D eigenvalue weighted by Crippen LogP contribution is -2.05. The molecule has 0 aliphatic heterocycles. The van der Waals surface area contributed by atoms with Crippen LogP contribution in [0.4, 0.5) is 0 Å². The van der Waals surface area contributed by atoms with Crippen LogP contribution >= 0.6 is 0 Å². The fourth-order valence-corrected chi connectivity index (χ4v) is 2.25. The van der Waals surface area contributed by atoms with E-state index in [1.807, 2.05) is 0 Å². The molecule has 2 nitrogen and oxygen atoms in total. The first-order valence-electron chi connectivity index (χ1n) is 7.56. The van der Waals surface area contributed by atoms with Crippen LogP contribution in [0.2, 0.25) is 0 Å². The number of unbranched alkanes of at least 4 members (excludes halogenated alkanes) is 7. The van der Waals surface area contributed by atoms with Gasteiger partial charge in [0.1, 0.15) is 0 Å². The highest BCUT2D eigenvalue weighted by atomic mass is 16.3. The molecule has 0 aromatic carbocycles. The summed E-state index contributed by atoms with van der Waals surface area (Å²) in [5, 5.41) is 17.9. The number of hydrogen-bond donors (Lipinski definition) is 2. The maximum absolute atomic E-state index is 9.23. The number of aliphatic hydroxyl groups is 2. The fourth-order valence-electron chi connectivity index (χ4n) is 2.25. The molecule has 0 spiro atoms. The van der Waals surface area contributed by atoms with E-state index in [0.717, 1.165) is 6.42 Å². The third-order valence-electron chi connectivity index (χ3n) is 3.49. The maximum Gasteiger partial charge on any atom is 0.0459 e. The first kappa shape index (κ1) is 16.9. The van der Waals surface area contributed by atoms with Crippen LogP contribution in [-0.2, 0) is 0 Å². The van der Waals surface area contributed by atoms with E-state index in [1.165, 1.54) is 64.2 Å². The molecule has 0 radical (unpaired) electrons. The first-order valence-corrected chi connectivity index (χ1v) is 7.56. The summed E-state index contributed by atoms with van der Waals surface area (Å²) >= 11 is 0. The molecule has 1 atom stereocenters. The predicted molar refractivity (Wildman–Crippen MR) is 74.1 cm³/mol. The molecule has 0 heterocycles. The standard InChI is InChI=1S/C15H32O2/c1-2-3-11-15(14-17)12-9-7-5-4-6-8-10-13-16/h15-17H,2-14H2,1H3. The number of hydrogen-bond acceptors (Lipinski definition) is 2. The SMILES string of the molecule is CCCCC(CO)CCCCCCCCCO. The summed E-state index contributed by atoms with van der Waals surface area (Å²) in [7, 11) is 0. The summed E-state index contributed by atoms with van der Waals surface area (Å²) < 4.78 is 0. The molecule has 2 heteroatoms. The van der Waals surface area contributed by atoms with Gasteiger partial charge < -0.3 is 10.2 Å². The van der Waals surface area contributed by atoms with Crippen LogP contribution in [0.5, 0.6) is 0 Å². The Morgan fingerprint density at radius 1 is 0.706 bits per heavy atom. The van der Waals surface area contributed by atoms with Crippen molar-refractivity contribution in [2.45, 2.75) is 77.6 Å². The van der Waals surface area contributed by atoms with Crippen LogP contribution in [0.15, 0.2) is 0 Å². The molecule has 0 amide bonds. The lowest BCUT2D eigenvalue weighted by Gasteiger charge is -2.13. The Labute approximate surface area is 107 Å². The van der Waals surface area contributed by atoms with Gasteiger partial charge in [0.25, 0.3) is 0 Å². The molecular weight excluding hydrogens is 212 g/mol. The van der Waals surface area contributed by atoms with Crippen molar-refractivity contribution in [2.24, 2.45) is 5.92 Å². The van der Waals surface area contributed by atoms with Crippen LogP contribution in [0.25, 0.3) is 0 Å². The Balaban J connectivity index is 3.19. The zero-order valence-electron chi connectivity index (χ0n) is 11.7. The maximum atomic E-state index is 9.23. The van der Waals surface area contributed by atoms with Gasteiger partial charge in [-0.15, -0.1) is 0 Å². The summed E-state index contributed by atoms with van der Waals surface area (Å²) in [6.45, 7) is 2.92. The monoisotopic (exact) mass is 244 g/mol. The molecule has 2 N–H and O–H groups in total. The third-order valence-corrected chi connectivity index (χ3v) is 3.49. The largest absolute Gasteiger partial charge is 0.396 e. The quantitative estimate of drug-likeness (QED) is 0.482. The van der Waals surface area contributed by atoms with Crippen LogP contribution in [0.3, 0.4) is 0 Å². The second kappa shape index (κ2) is 14.0. The van der Waals surface area contributed by atoms with E-state index in [4.69, 9.17) is 5.11 Å². The lowest BCUT2D eigenvalue weighted by molar-refractivity contribution is 0.205. The highest BCUT2D eigenvalue weighted by Crippen LogP contribution is 2.17. The van der Waals surface area contributed by atoms with E-state index < -0.39 is 0 Å². The summed E-state index contributed by atoms with van der Waals surface area (Å²) in [6.07, 6.45) is 13.5. The topological polar surface area (TPSA) is 40.5 Å². The van der Waals surface area contributed by atoms with Crippen molar-refractivity contribution in [1.82, 2.24) is 0 Å². The average Bonchev–Trinajstić information content (AvgIpc) is 2.36. The van der Waals surface area contributed by atoms with E-state index in [9.17, 15) is 5.11 Å². The normalized spacial score (nSPS) is 12.9. The first-order chi connectivity index (χ1) is 8.35. The Morgan fingerprint density at radius 3 is 1.76 bits per heavy atom. The van der Waals surface area contributed by atoms with Gasteiger partial charge in [0.15, 0.2) is 0 Å². The van der Waals surface area contributed by atoms with Crippen molar-refractivity contribution < 1.29 is 10.2 Å². The average molecular weight is 244 g/mol. The Bertz CT molecular complexity index is 137. The molecule has 0 saturated heterocycles. The van der Waals surface area contributed by atoms with Gasteiger partial charge >= 0.3 is 0 Å². The summed E-state index contributed by atoms with van der Waals surface area (Å²) in [6, 6.07) is 0. The Hall–Kier alpha value is -0.0800. The summed E-state index contributed by atoms with van der Waals surface area (Å²) in [5.74, 6) is 0.546. The zero-order valence-corrected chi connectivity index (χ0v) is 11.7. The number of rotatable bonds is 13. The molecule has 17 heavy (non-hydrogen) atoms. The minimum Gasteiger partial charge on any atom is -0.396 e. The molecule has 0 aromatic heterocycles. The zero-order chi connectivity index (χ0) is 12.8. The second-order valence-electron chi connectivity index (χ2n) is 5.18. The smallest absolute Gasteiger partial charge is 0.0459 e. The van der Waals surface area contributed by atoms with Crippen molar-refractivity contribution in [3.05, 3.63) is 0 Å². The van der Waals surface area contributed by atoms with Crippen molar-refractivity contribution >= 4 is 0 Å². The van der Waals surface area contributed by atoms with Gasteiger partial charge in [-0.3, -0.25) is 0 Å². The van der Waals surface area contributed by atoms with Crippen molar-refractivity contribution in [3.8, 4) is 0 Å². The number of aliphatic hydroxyl groups excluding tert-OH is 2. The molecule has 0 fully saturated rings. The molecule has 104 valence electrons. The van der Waals surface area contributed by atoms with Gasteiger partial charge in [-0.2, -0.15) is 0 Å². The van der Waals surface area contributed by atoms with Gasteiger partial charge in [0.2, 0.25) is 0 Å². The van der Waals surface area contributed by atoms with Gasteiger partial charge in [-0.1, -0.05) is 58.3 Å². The summed E-state index contributed by atoms with van der Waals surface area (Å²) in [5.41, 5.74) is 0.